The van der Waals surface area contributed by atoms with Gasteiger partial charge in [-0.15, -0.1) is 13.2 Å². The summed E-state index contributed by atoms with van der Waals surface area (Å²) in [6.45, 7) is 4.43. The van der Waals surface area contributed by atoms with Gasteiger partial charge in [0, 0.05) is 43.7 Å². The van der Waals surface area contributed by atoms with Crippen molar-refractivity contribution in [1.29, 1.82) is 0 Å². The first kappa shape index (κ1) is 27.5. The molecule has 1 aromatic carbocycles. The molecule has 1 aromatic rings. The lowest BCUT2D eigenvalue weighted by Crippen LogP contribution is -2.45. The number of hydrogen-bond acceptors (Lipinski definition) is 5. The van der Waals surface area contributed by atoms with E-state index in [0.717, 1.165) is 19.3 Å². The Balaban J connectivity index is 1.29. The van der Waals surface area contributed by atoms with Crippen LogP contribution in [0.2, 0.25) is 0 Å². The van der Waals surface area contributed by atoms with E-state index < -0.39 is 6.36 Å². The summed E-state index contributed by atoms with van der Waals surface area (Å²) >= 11 is 0. The van der Waals surface area contributed by atoms with E-state index in [4.69, 9.17) is 4.74 Å². The predicted molar refractivity (Wildman–Crippen MR) is 133 cm³/mol. The molecular weight excluding hydrogens is 487 g/mol. The highest BCUT2D eigenvalue weighted by Gasteiger charge is 2.45. The fraction of sp³-hybridized carbons (Fsp3) is 0.704. The summed E-state index contributed by atoms with van der Waals surface area (Å²) in [6.07, 6.45) is 3.58. The van der Waals surface area contributed by atoms with Crippen LogP contribution in [0.3, 0.4) is 0 Å². The number of morpholine rings is 1. The van der Waals surface area contributed by atoms with Crippen LogP contribution >= 0.6 is 0 Å². The third kappa shape index (κ3) is 8.51. The average molecular weight is 526 g/mol. The first-order valence-corrected chi connectivity index (χ1v) is 13.4. The molecule has 2 saturated carbocycles. The van der Waals surface area contributed by atoms with Gasteiger partial charge in [0.05, 0.1) is 13.2 Å². The minimum atomic E-state index is -4.73. The maximum absolute atomic E-state index is 13.3. The predicted octanol–water partition coefficient (Wildman–Crippen LogP) is 4.73. The minimum Gasteiger partial charge on any atom is -0.406 e. The van der Waals surface area contributed by atoms with E-state index in [9.17, 15) is 22.8 Å². The number of alkyl halides is 3. The molecule has 10 heteroatoms. The highest BCUT2D eigenvalue weighted by atomic mass is 19.4. The van der Waals surface area contributed by atoms with E-state index in [-0.39, 0.29) is 35.9 Å². The van der Waals surface area contributed by atoms with Gasteiger partial charge in [0.2, 0.25) is 11.8 Å². The Bertz CT molecular complexity index is 904. The van der Waals surface area contributed by atoms with Gasteiger partial charge in [0.1, 0.15) is 5.75 Å². The molecule has 7 nitrogen and oxygen atoms in total. The van der Waals surface area contributed by atoms with Gasteiger partial charge in [-0.25, -0.2) is 0 Å². The number of amides is 2. The molecule has 2 atom stereocenters. The Hall–Kier alpha value is -2.49. The number of nitrogens with one attached hydrogen (secondary N) is 2. The van der Waals surface area contributed by atoms with Crippen LogP contribution < -0.4 is 15.4 Å². The number of nitrogens with zero attached hydrogens (tertiary/aromatic N) is 1. The van der Waals surface area contributed by atoms with Crippen molar-refractivity contribution < 1.29 is 32.2 Å². The third-order valence-corrected chi connectivity index (χ3v) is 7.99. The molecule has 1 saturated heterocycles. The summed E-state index contributed by atoms with van der Waals surface area (Å²) in [7, 11) is 0. The summed E-state index contributed by atoms with van der Waals surface area (Å²) in [5.74, 6) is -0.316. The van der Waals surface area contributed by atoms with Crippen molar-refractivity contribution in [3.05, 3.63) is 24.3 Å². The Morgan fingerprint density at radius 3 is 2.35 bits per heavy atom. The smallest absolute Gasteiger partial charge is 0.406 e. The maximum Gasteiger partial charge on any atom is 0.573 e. The molecule has 2 amide bonds. The standard InChI is InChI=1S/C27H38F3N3O4/c1-19(18-31-22-2-4-23(5-3-22)37-27(28,29)30)32-25(35)21(17-24(34)33-12-14-36-15-13-33)16-20-6-8-26(9-7-20)10-11-26/h2-5,19-21,31H,6-18H2,1H3,(H,32,35). The maximum atomic E-state index is 13.3. The molecule has 3 fully saturated rings. The van der Waals surface area contributed by atoms with E-state index in [0.29, 0.717) is 49.9 Å². The lowest BCUT2D eigenvalue weighted by Gasteiger charge is -2.32. The van der Waals surface area contributed by atoms with Gasteiger partial charge >= 0.3 is 6.36 Å². The van der Waals surface area contributed by atoms with Gasteiger partial charge in [-0.3, -0.25) is 9.59 Å². The van der Waals surface area contributed by atoms with Crippen molar-refractivity contribution in [2.75, 3.05) is 38.2 Å². The minimum absolute atomic E-state index is 0.00451. The molecule has 1 aliphatic heterocycles. The molecule has 4 rings (SSSR count). The fourth-order valence-electron chi connectivity index (χ4n) is 5.50. The molecule has 0 bridgehead atoms. The Labute approximate surface area is 216 Å². The lowest BCUT2D eigenvalue weighted by atomic mass is 9.75. The van der Waals surface area contributed by atoms with Crippen LogP contribution in [-0.4, -0.2) is 62.0 Å². The zero-order chi connectivity index (χ0) is 26.5. The van der Waals surface area contributed by atoms with Crippen LogP contribution in [0.4, 0.5) is 18.9 Å². The molecule has 1 heterocycles. The Morgan fingerprint density at radius 2 is 1.76 bits per heavy atom. The lowest BCUT2D eigenvalue weighted by molar-refractivity contribution is -0.274. The molecule has 206 valence electrons. The summed E-state index contributed by atoms with van der Waals surface area (Å²) < 4.78 is 46.3. The van der Waals surface area contributed by atoms with Gasteiger partial charge in [0.15, 0.2) is 0 Å². The van der Waals surface area contributed by atoms with E-state index in [2.05, 4.69) is 15.4 Å². The molecule has 2 N–H and O–H groups in total. The second kappa shape index (κ2) is 11.9. The van der Waals surface area contributed by atoms with Gasteiger partial charge < -0.3 is 25.0 Å². The zero-order valence-corrected chi connectivity index (χ0v) is 21.4. The van der Waals surface area contributed by atoms with Gasteiger partial charge in [-0.1, -0.05) is 0 Å². The van der Waals surface area contributed by atoms with Crippen molar-refractivity contribution in [3.63, 3.8) is 0 Å². The number of ether oxygens (including phenoxy) is 2. The van der Waals surface area contributed by atoms with Crippen LogP contribution in [0, 0.1) is 17.3 Å². The molecule has 2 unspecified atom stereocenters. The van der Waals surface area contributed by atoms with Crippen molar-refractivity contribution in [3.8, 4) is 5.75 Å². The normalized spacial score (nSPS) is 21.2. The molecular formula is C27H38F3N3O4. The Morgan fingerprint density at radius 1 is 1.11 bits per heavy atom. The Kier molecular flexibility index (Phi) is 8.87. The quantitative estimate of drug-likeness (QED) is 0.462. The molecule has 3 aliphatic rings. The zero-order valence-electron chi connectivity index (χ0n) is 21.4. The van der Waals surface area contributed by atoms with Gasteiger partial charge in [-0.05, 0) is 87.5 Å². The van der Waals surface area contributed by atoms with Crippen LogP contribution in [0.25, 0.3) is 0 Å². The SMILES string of the molecule is CC(CNc1ccc(OC(F)(F)F)cc1)NC(=O)C(CC(=O)N1CCOCC1)CC1CCC2(CC1)CC2. The molecule has 0 aromatic heterocycles. The van der Waals surface area contributed by atoms with Crippen molar-refractivity contribution >= 4 is 17.5 Å². The topological polar surface area (TPSA) is 79.9 Å². The summed E-state index contributed by atoms with van der Waals surface area (Å²) in [5.41, 5.74) is 1.20. The van der Waals surface area contributed by atoms with Crippen molar-refractivity contribution in [2.24, 2.45) is 17.3 Å². The van der Waals surface area contributed by atoms with Gasteiger partial charge in [0.25, 0.3) is 0 Å². The van der Waals surface area contributed by atoms with Crippen LogP contribution in [0.5, 0.6) is 5.75 Å². The average Bonchev–Trinajstić information content (AvgIpc) is 3.63. The third-order valence-electron chi connectivity index (χ3n) is 7.99. The summed E-state index contributed by atoms with van der Waals surface area (Å²) in [6, 6.07) is 5.23. The van der Waals surface area contributed by atoms with Crippen LogP contribution in [-0.2, 0) is 14.3 Å². The van der Waals surface area contributed by atoms with Crippen LogP contribution in [0.1, 0.15) is 58.3 Å². The number of rotatable bonds is 10. The second-order valence-electron chi connectivity index (χ2n) is 10.9. The number of hydrogen-bond donors (Lipinski definition) is 2. The highest BCUT2D eigenvalue weighted by molar-refractivity contribution is 5.86. The number of carbonyl (C=O) groups is 2. The number of benzene rings is 1. The molecule has 2 aliphatic carbocycles. The molecule has 1 spiro atoms. The largest absolute Gasteiger partial charge is 0.573 e. The number of carbonyl (C=O) groups excluding carboxylic acids is 2. The summed E-state index contributed by atoms with van der Waals surface area (Å²) in [4.78, 5) is 28.1. The second-order valence-corrected chi connectivity index (χ2v) is 10.9. The highest BCUT2D eigenvalue weighted by Crippen LogP contribution is 2.57. The monoisotopic (exact) mass is 525 g/mol. The van der Waals surface area contributed by atoms with Crippen molar-refractivity contribution in [2.45, 2.75) is 70.7 Å². The number of halogens is 3. The number of anilines is 1. The van der Waals surface area contributed by atoms with Crippen molar-refractivity contribution in [1.82, 2.24) is 10.2 Å². The molecule has 37 heavy (non-hydrogen) atoms. The van der Waals surface area contributed by atoms with E-state index in [1.807, 2.05) is 6.92 Å². The first-order chi connectivity index (χ1) is 17.6. The van der Waals surface area contributed by atoms with Gasteiger partial charge in [-0.2, -0.15) is 0 Å². The fourth-order valence-corrected chi connectivity index (χ4v) is 5.50. The molecule has 0 radical (unpaired) electrons. The summed E-state index contributed by atoms with van der Waals surface area (Å²) in [5, 5.41) is 6.18. The van der Waals surface area contributed by atoms with Crippen LogP contribution in [0.15, 0.2) is 24.3 Å². The first-order valence-electron chi connectivity index (χ1n) is 13.4. The van der Waals surface area contributed by atoms with E-state index in [1.165, 1.54) is 49.9 Å². The van der Waals surface area contributed by atoms with E-state index in [1.54, 1.807) is 4.90 Å². The van der Waals surface area contributed by atoms with E-state index >= 15 is 0 Å².